The molecule has 2 aromatic heterocycles. The molecule has 0 fully saturated rings. The molecule has 34 heavy (non-hydrogen) atoms. The van der Waals surface area contributed by atoms with Crippen molar-refractivity contribution >= 4 is 29.3 Å². The van der Waals surface area contributed by atoms with Gasteiger partial charge in [0.2, 0.25) is 0 Å². The Balaban J connectivity index is 0.000000291. The number of hydrogen-bond donors (Lipinski definition) is 3. The number of fused-ring (bicyclic) bond motifs is 1. The number of benzene rings is 3. The van der Waals surface area contributed by atoms with Crippen LogP contribution in [0.15, 0.2) is 90.1 Å². The Kier molecular flexibility index (Phi) is 7.04. The first kappa shape index (κ1) is 23.2. The predicted molar refractivity (Wildman–Crippen MR) is 140 cm³/mol. The summed E-state index contributed by atoms with van der Waals surface area (Å²) >= 11 is 3.95. The molecule has 0 unspecified atom stereocenters. The minimum absolute atomic E-state index is 0.232. The summed E-state index contributed by atoms with van der Waals surface area (Å²) in [5.41, 5.74) is 11.2. The Bertz CT molecular complexity index is 1390. The first-order valence-electron chi connectivity index (χ1n) is 10.7. The van der Waals surface area contributed by atoms with Gasteiger partial charge in [-0.2, -0.15) is 0 Å². The number of nitrogens with two attached hydrogens (primary N) is 1. The summed E-state index contributed by atoms with van der Waals surface area (Å²) in [6.45, 7) is 2.93. The SMILES string of the molecule is COc1ccc2c(c1)cc(C)n2Cc1ccc(-c2nccnc2N)cc1.Oc1ccccc1S. The number of nitrogen functional groups attached to an aromatic ring is 1. The van der Waals surface area contributed by atoms with Gasteiger partial charge in [-0.25, -0.2) is 4.98 Å². The van der Waals surface area contributed by atoms with Crippen LogP contribution in [0.5, 0.6) is 11.5 Å². The summed E-state index contributed by atoms with van der Waals surface area (Å²) in [6.07, 6.45) is 3.26. The highest BCUT2D eigenvalue weighted by Gasteiger charge is 2.09. The number of ether oxygens (including phenoxy) is 1. The van der Waals surface area contributed by atoms with Gasteiger partial charge >= 0.3 is 0 Å². The van der Waals surface area contributed by atoms with Crippen LogP contribution in [0.2, 0.25) is 0 Å². The first-order chi connectivity index (χ1) is 16.5. The van der Waals surface area contributed by atoms with Crippen LogP contribution < -0.4 is 10.5 Å². The van der Waals surface area contributed by atoms with Gasteiger partial charge in [0.25, 0.3) is 0 Å². The molecule has 0 atom stereocenters. The average Bonchev–Trinajstić information content (AvgIpc) is 3.16. The highest BCUT2D eigenvalue weighted by Crippen LogP contribution is 2.26. The standard InChI is InChI=1S/C21H20N4O.C6H6OS/c1-14-11-17-12-18(26-2)7-8-19(17)25(14)13-15-3-5-16(6-4-15)20-21(22)24-10-9-23-20;7-5-3-1-2-4-6(5)8/h3-12H,13H2,1-2H3,(H2,22,24);1-4,7-8H. The Labute approximate surface area is 204 Å². The lowest BCUT2D eigenvalue weighted by atomic mass is 10.1. The molecule has 0 aliphatic carbocycles. The number of anilines is 1. The molecule has 0 spiro atoms. The van der Waals surface area contributed by atoms with Gasteiger partial charge in [0.05, 0.1) is 7.11 Å². The summed E-state index contributed by atoms with van der Waals surface area (Å²) < 4.78 is 7.63. The molecular formula is C27H26N4O2S. The van der Waals surface area contributed by atoms with E-state index in [-0.39, 0.29) is 5.75 Å². The van der Waals surface area contributed by atoms with Crippen molar-refractivity contribution in [2.45, 2.75) is 18.4 Å². The Morgan fingerprint density at radius 2 is 1.71 bits per heavy atom. The number of aryl methyl sites for hydroxylation is 1. The number of phenolic OH excluding ortho intramolecular Hbond substituents is 1. The third-order valence-corrected chi connectivity index (χ3v) is 5.87. The molecule has 5 aromatic rings. The molecule has 0 radical (unpaired) electrons. The smallest absolute Gasteiger partial charge is 0.149 e. The van der Waals surface area contributed by atoms with Crippen LogP contribution in [0, 0.1) is 6.92 Å². The molecule has 172 valence electrons. The van der Waals surface area contributed by atoms with Gasteiger partial charge in [-0.1, -0.05) is 36.4 Å². The maximum absolute atomic E-state index is 8.84. The van der Waals surface area contributed by atoms with Gasteiger partial charge in [0.1, 0.15) is 23.0 Å². The fourth-order valence-corrected chi connectivity index (χ4v) is 3.87. The van der Waals surface area contributed by atoms with Crippen LogP contribution in [0.3, 0.4) is 0 Å². The van der Waals surface area contributed by atoms with Crippen LogP contribution >= 0.6 is 12.6 Å². The van der Waals surface area contributed by atoms with E-state index in [1.807, 2.05) is 24.3 Å². The number of para-hydroxylation sites is 1. The van der Waals surface area contributed by atoms with Crippen molar-refractivity contribution in [1.29, 1.82) is 0 Å². The molecule has 2 heterocycles. The minimum Gasteiger partial charge on any atom is -0.507 e. The van der Waals surface area contributed by atoms with Gasteiger partial charge in [-0.05, 0) is 48.9 Å². The number of nitrogens with zero attached hydrogens (tertiary/aromatic N) is 3. The number of methoxy groups -OCH3 is 1. The van der Waals surface area contributed by atoms with Crippen molar-refractivity contribution in [3.8, 4) is 22.8 Å². The molecule has 0 bridgehead atoms. The second kappa shape index (κ2) is 10.3. The molecule has 0 aliphatic rings. The number of rotatable bonds is 4. The number of aromatic hydroxyl groups is 1. The molecule has 0 amide bonds. The maximum atomic E-state index is 8.84. The molecule has 3 N–H and O–H groups in total. The molecular weight excluding hydrogens is 444 g/mol. The van der Waals surface area contributed by atoms with Gasteiger partial charge < -0.3 is 20.1 Å². The fourth-order valence-electron chi connectivity index (χ4n) is 3.71. The van der Waals surface area contributed by atoms with E-state index in [2.05, 4.69) is 64.4 Å². The van der Waals surface area contributed by atoms with Crippen LogP contribution in [0.1, 0.15) is 11.3 Å². The lowest BCUT2D eigenvalue weighted by Gasteiger charge is -2.10. The van der Waals surface area contributed by atoms with E-state index in [0.717, 1.165) is 17.9 Å². The van der Waals surface area contributed by atoms with Crippen molar-refractivity contribution < 1.29 is 9.84 Å². The maximum Gasteiger partial charge on any atom is 0.149 e. The van der Waals surface area contributed by atoms with Gasteiger partial charge in [0.15, 0.2) is 0 Å². The van der Waals surface area contributed by atoms with Crippen molar-refractivity contribution in [3.05, 3.63) is 96.4 Å². The summed E-state index contributed by atoms with van der Waals surface area (Å²) in [5, 5.41) is 10.0. The lowest BCUT2D eigenvalue weighted by Crippen LogP contribution is -2.01. The van der Waals surface area contributed by atoms with E-state index in [1.54, 1.807) is 37.7 Å². The highest BCUT2D eigenvalue weighted by atomic mass is 32.1. The van der Waals surface area contributed by atoms with E-state index in [0.29, 0.717) is 16.4 Å². The van der Waals surface area contributed by atoms with E-state index >= 15 is 0 Å². The van der Waals surface area contributed by atoms with Crippen molar-refractivity contribution in [3.63, 3.8) is 0 Å². The van der Waals surface area contributed by atoms with Gasteiger partial charge in [-0.3, -0.25) is 4.98 Å². The average molecular weight is 471 g/mol. The zero-order chi connectivity index (χ0) is 24.1. The fraction of sp³-hybridized carbons (Fsp3) is 0.111. The topological polar surface area (TPSA) is 86.2 Å². The number of thiol groups is 1. The number of aromatic nitrogens is 3. The molecule has 3 aromatic carbocycles. The van der Waals surface area contributed by atoms with Gasteiger partial charge in [-0.15, -0.1) is 12.6 Å². The second-order valence-electron chi connectivity index (χ2n) is 7.77. The summed E-state index contributed by atoms with van der Waals surface area (Å²) in [7, 11) is 1.69. The molecule has 0 saturated carbocycles. The lowest BCUT2D eigenvalue weighted by molar-refractivity contribution is 0.415. The third-order valence-electron chi connectivity index (χ3n) is 5.49. The van der Waals surface area contributed by atoms with Crippen LogP contribution in [-0.2, 0) is 6.54 Å². The van der Waals surface area contributed by atoms with Crippen LogP contribution in [0.25, 0.3) is 22.2 Å². The first-order valence-corrected chi connectivity index (χ1v) is 11.2. The molecule has 0 saturated heterocycles. The summed E-state index contributed by atoms with van der Waals surface area (Å²) in [5.74, 6) is 1.55. The van der Waals surface area contributed by atoms with E-state index in [4.69, 9.17) is 15.6 Å². The van der Waals surface area contributed by atoms with E-state index < -0.39 is 0 Å². The Morgan fingerprint density at radius 1 is 0.971 bits per heavy atom. The van der Waals surface area contributed by atoms with Crippen molar-refractivity contribution in [2.24, 2.45) is 0 Å². The quantitative estimate of drug-likeness (QED) is 0.292. The predicted octanol–water partition coefficient (Wildman–Crippen LogP) is 5.73. The molecule has 6 nitrogen and oxygen atoms in total. The minimum atomic E-state index is 0.232. The van der Waals surface area contributed by atoms with Crippen LogP contribution in [-0.4, -0.2) is 26.8 Å². The van der Waals surface area contributed by atoms with E-state index in [9.17, 15) is 0 Å². The Morgan fingerprint density at radius 3 is 2.35 bits per heavy atom. The monoisotopic (exact) mass is 470 g/mol. The Hall–Kier alpha value is -3.97. The third kappa shape index (κ3) is 5.15. The van der Waals surface area contributed by atoms with E-state index in [1.165, 1.54) is 22.2 Å². The number of phenols is 1. The molecule has 0 aliphatic heterocycles. The summed E-state index contributed by atoms with van der Waals surface area (Å²) in [6, 6.07) is 23.6. The zero-order valence-electron chi connectivity index (χ0n) is 19.0. The zero-order valence-corrected chi connectivity index (χ0v) is 19.9. The molecule has 5 rings (SSSR count). The number of hydrogen-bond acceptors (Lipinski definition) is 6. The van der Waals surface area contributed by atoms with Crippen molar-refractivity contribution in [1.82, 2.24) is 14.5 Å². The normalized spacial score (nSPS) is 10.6. The summed E-state index contributed by atoms with van der Waals surface area (Å²) in [4.78, 5) is 9.04. The van der Waals surface area contributed by atoms with Crippen molar-refractivity contribution in [2.75, 3.05) is 12.8 Å². The largest absolute Gasteiger partial charge is 0.507 e. The molecule has 7 heteroatoms. The van der Waals surface area contributed by atoms with Crippen LogP contribution in [0.4, 0.5) is 5.82 Å². The second-order valence-corrected chi connectivity index (χ2v) is 8.25. The van der Waals surface area contributed by atoms with Gasteiger partial charge in [0, 0.05) is 46.0 Å². The highest BCUT2D eigenvalue weighted by molar-refractivity contribution is 7.80.